The number of sulfonamides is 1. The molecular formula is C14H16N2O7S. The number of carbonyl (C=O) groups excluding carboxylic acids is 3. The number of hydroxylamine groups is 2. The van der Waals surface area contributed by atoms with Gasteiger partial charge in [0.1, 0.15) is 6.54 Å². The van der Waals surface area contributed by atoms with Gasteiger partial charge in [-0.2, -0.15) is 0 Å². The van der Waals surface area contributed by atoms with Crippen molar-refractivity contribution in [1.82, 2.24) is 9.79 Å². The quantitative estimate of drug-likeness (QED) is 0.501. The third-order valence-electron chi connectivity index (χ3n) is 3.09. The summed E-state index contributed by atoms with van der Waals surface area (Å²) in [5, 5.41) is 0.321. The Hall–Kier alpha value is -2.30. The Morgan fingerprint density at radius 3 is 2.29 bits per heavy atom. The van der Waals surface area contributed by atoms with Crippen LogP contribution >= 0.6 is 0 Å². The summed E-state index contributed by atoms with van der Waals surface area (Å²) < 4.78 is 30.1. The Bertz CT molecular complexity index is 725. The molecule has 9 nitrogen and oxygen atoms in total. The topological polar surface area (TPSA) is 119 Å². The summed E-state index contributed by atoms with van der Waals surface area (Å²) in [6, 6.07) is 6.00. The van der Waals surface area contributed by atoms with Gasteiger partial charge in [0.05, 0.1) is 23.5 Å². The first kappa shape index (κ1) is 18.0. The Kier molecular flexibility index (Phi) is 5.65. The number of benzene rings is 1. The summed E-state index contributed by atoms with van der Waals surface area (Å²) >= 11 is 0. The molecule has 2 amide bonds. The highest BCUT2D eigenvalue weighted by Gasteiger charge is 2.38. The molecule has 1 heterocycles. The van der Waals surface area contributed by atoms with E-state index in [4.69, 9.17) is 4.74 Å². The van der Waals surface area contributed by atoms with Crippen LogP contribution in [0.1, 0.15) is 27.6 Å². The van der Waals surface area contributed by atoms with Crippen LogP contribution in [0.15, 0.2) is 24.3 Å². The molecule has 130 valence electrons. The summed E-state index contributed by atoms with van der Waals surface area (Å²) in [4.78, 5) is 40.3. The summed E-state index contributed by atoms with van der Waals surface area (Å²) in [6.45, 7) is 1.37. The average molecular weight is 356 g/mol. The van der Waals surface area contributed by atoms with Gasteiger partial charge in [0.25, 0.3) is 11.8 Å². The predicted molar refractivity (Wildman–Crippen MR) is 81.3 cm³/mol. The molecule has 1 N–H and O–H groups in total. The minimum atomic E-state index is -3.73. The van der Waals surface area contributed by atoms with Crippen molar-refractivity contribution in [2.45, 2.75) is 6.92 Å². The van der Waals surface area contributed by atoms with Crippen LogP contribution in [0, 0.1) is 0 Å². The molecular weight excluding hydrogens is 340 g/mol. The number of ether oxygens (including phenoxy) is 1. The lowest BCUT2D eigenvalue weighted by Gasteiger charge is -2.13. The molecule has 0 saturated heterocycles. The van der Waals surface area contributed by atoms with Gasteiger partial charge < -0.3 is 9.57 Å². The standard InChI is InChI=1S/C14H16N2O7S/c1-2-22-7-8-24(20,21)15-9-12(17)23-16-13(18)10-5-3-4-6-11(10)14(16)19/h3-6,15H,2,7-9H2,1H3. The van der Waals surface area contributed by atoms with Gasteiger partial charge in [-0.3, -0.25) is 9.59 Å². The first-order chi connectivity index (χ1) is 11.4. The Morgan fingerprint density at radius 1 is 1.17 bits per heavy atom. The minimum Gasteiger partial charge on any atom is -0.381 e. The van der Waals surface area contributed by atoms with Crippen molar-refractivity contribution >= 4 is 27.8 Å². The first-order valence-corrected chi connectivity index (χ1v) is 8.74. The van der Waals surface area contributed by atoms with E-state index in [1.54, 1.807) is 19.1 Å². The molecule has 0 saturated carbocycles. The normalized spacial score (nSPS) is 14.0. The number of rotatable bonds is 8. The highest BCUT2D eigenvalue weighted by Crippen LogP contribution is 2.22. The van der Waals surface area contributed by atoms with Crippen LogP contribution in [0.25, 0.3) is 0 Å². The van der Waals surface area contributed by atoms with Crippen molar-refractivity contribution in [3.8, 4) is 0 Å². The van der Waals surface area contributed by atoms with Gasteiger partial charge in [0.2, 0.25) is 10.0 Å². The summed E-state index contributed by atoms with van der Waals surface area (Å²) in [5.74, 6) is -2.95. The second-order valence-electron chi connectivity index (χ2n) is 4.75. The number of hydrogen-bond donors (Lipinski definition) is 1. The van der Waals surface area contributed by atoms with Crippen molar-refractivity contribution < 1.29 is 32.4 Å². The maximum atomic E-state index is 12.0. The fourth-order valence-electron chi connectivity index (χ4n) is 1.94. The van der Waals surface area contributed by atoms with E-state index in [0.717, 1.165) is 0 Å². The number of imide groups is 1. The summed E-state index contributed by atoms with van der Waals surface area (Å²) in [7, 11) is -3.73. The van der Waals surface area contributed by atoms with Gasteiger partial charge in [0.15, 0.2) is 0 Å². The lowest BCUT2D eigenvalue weighted by Crippen LogP contribution is -2.39. The Balaban J connectivity index is 1.90. The molecule has 2 rings (SSSR count). The zero-order chi connectivity index (χ0) is 17.7. The molecule has 24 heavy (non-hydrogen) atoms. The molecule has 1 aliphatic rings. The smallest absolute Gasteiger partial charge is 0.347 e. The SMILES string of the molecule is CCOCCS(=O)(=O)NCC(=O)ON1C(=O)c2ccccc2C1=O. The number of nitrogens with one attached hydrogen (secondary N) is 1. The monoisotopic (exact) mass is 356 g/mol. The van der Waals surface area contributed by atoms with Gasteiger partial charge in [-0.05, 0) is 19.1 Å². The van der Waals surface area contributed by atoms with E-state index in [-0.39, 0.29) is 23.5 Å². The van der Waals surface area contributed by atoms with Crippen LogP contribution in [-0.4, -0.2) is 56.8 Å². The molecule has 1 aromatic rings. The maximum Gasteiger partial charge on any atom is 0.347 e. The van der Waals surface area contributed by atoms with E-state index < -0.39 is 34.4 Å². The van der Waals surface area contributed by atoms with Gasteiger partial charge in [-0.15, -0.1) is 0 Å². The second kappa shape index (κ2) is 7.51. The van der Waals surface area contributed by atoms with Crippen molar-refractivity contribution in [2.24, 2.45) is 0 Å². The number of carbonyl (C=O) groups is 3. The summed E-state index contributed by atoms with van der Waals surface area (Å²) in [5.41, 5.74) is 0.236. The van der Waals surface area contributed by atoms with Gasteiger partial charge >= 0.3 is 5.97 Å². The molecule has 0 radical (unpaired) electrons. The van der Waals surface area contributed by atoms with Crippen molar-refractivity contribution in [2.75, 3.05) is 25.5 Å². The largest absolute Gasteiger partial charge is 0.381 e. The minimum absolute atomic E-state index is 0.0146. The number of nitrogens with zero attached hydrogens (tertiary/aromatic N) is 1. The van der Waals surface area contributed by atoms with Crippen LogP contribution in [0.4, 0.5) is 0 Å². The van der Waals surface area contributed by atoms with E-state index in [1.807, 2.05) is 4.72 Å². The van der Waals surface area contributed by atoms with Crippen LogP contribution < -0.4 is 4.72 Å². The van der Waals surface area contributed by atoms with E-state index in [1.165, 1.54) is 12.1 Å². The van der Waals surface area contributed by atoms with Crippen molar-refractivity contribution in [3.63, 3.8) is 0 Å². The third kappa shape index (κ3) is 4.16. The van der Waals surface area contributed by atoms with E-state index in [2.05, 4.69) is 4.84 Å². The highest BCUT2D eigenvalue weighted by atomic mass is 32.2. The van der Waals surface area contributed by atoms with Crippen LogP contribution in [-0.2, 0) is 24.4 Å². The first-order valence-electron chi connectivity index (χ1n) is 7.09. The molecule has 0 aromatic heterocycles. The maximum absolute atomic E-state index is 12.0. The molecule has 0 spiro atoms. The van der Waals surface area contributed by atoms with E-state index in [9.17, 15) is 22.8 Å². The number of fused-ring (bicyclic) bond motifs is 1. The van der Waals surface area contributed by atoms with Crippen molar-refractivity contribution in [1.29, 1.82) is 0 Å². The average Bonchev–Trinajstić information content (AvgIpc) is 2.79. The number of hydrogen-bond acceptors (Lipinski definition) is 7. The molecule has 0 bridgehead atoms. The van der Waals surface area contributed by atoms with Gasteiger partial charge in [-0.1, -0.05) is 17.2 Å². The van der Waals surface area contributed by atoms with E-state index in [0.29, 0.717) is 11.7 Å². The zero-order valence-electron chi connectivity index (χ0n) is 12.9. The van der Waals surface area contributed by atoms with Crippen LogP contribution in [0.2, 0.25) is 0 Å². The fourth-order valence-corrected chi connectivity index (χ4v) is 2.76. The number of amides is 2. The van der Waals surface area contributed by atoms with Crippen LogP contribution in [0.5, 0.6) is 0 Å². The van der Waals surface area contributed by atoms with Gasteiger partial charge in [0, 0.05) is 6.61 Å². The lowest BCUT2D eigenvalue weighted by atomic mass is 10.1. The molecule has 1 aromatic carbocycles. The molecule has 0 fully saturated rings. The highest BCUT2D eigenvalue weighted by molar-refractivity contribution is 7.89. The van der Waals surface area contributed by atoms with E-state index >= 15 is 0 Å². The molecule has 1 aliphatic heterocycles. The third-order valence-corrected chi connectivity index (χ3v) is 4.38. The molecule has 10 heteroatoms. The fraction of sp³-hybridized carbons (Fsp3) is 0.357. The molecule has 0 aliphatic carbocycles. The predicted octanol–water partition coefficient (Wildman–Crippen LogP) is -0.303. The van der Waals surface area contributed by atoms with Gasteiger partial charge in [-0.25, -0.2) is 17.9 Å². The lowest BCUT2D eigenvalue weighted by molar-refractivity contribution is -0.166. The zero-order valence-corrected chi connectivity index (χ0v) is 13.7. The Morgan fingerprint density at radius 2 is 1.75 bits per heavy atom. The molecule has 0 atom stereocenters. The summed E-state index contributed by atoms with van der Waals surface area (Å²) in [6.07, 6.45) is 0. The second-order valence-corrected chi connectivity index (χ2v) is 6.68. The van der Waals surface area contributed by atoms with Crippen LogP contribution in [0.3, 0.4) is 0 Å². The molecule has 0 unspecified atom stereocenters. The van der Waals surface area contributed by atoms with Crippen molar-refractivity contribution in [3.05, 3.63) is 35.4 Å². The Labute approximate surface area is 138 Å².